The predicted octanol–water partition coefficient (Wildman–Crippen LogP) is 28.9. The normalized spacial score (nSPS) is 11.3. The van der Waals surface area contributed by atoms with E-state index in [-0.39, 0.29) is 0 Å². The van der Waals surface area contributed by atoms with E-state index in [9.17, 15) is 0 Å². The summed E-state index contributed by atoms with van der Waals surface area (Å²) in [5.74, 6) is 0. The van der Waals surface area contributed by atoms with Crippen molar-refractivity contribution < 1.29 is 0 Å². The van der Waals surface area contributed by atoms with E-state index in [1.807, 2.05) is 48.5 Å². The van der Waals surface area contributed by atoms with E-state index in [1.54, 1.807) is 51.6 Å². The average molecular weight is 1650 g/mol. The zero-order chi connectivity index (χ0) is 85.8. The van der Waals surface area contributed by atoms with Gasteiger partial charge in [-0.25, -0.2) is 0 Å². The molecule has 0 spiro atoms. The fraction of sp³-hybridized carbons (Fsp3) is 0. The predicted molar refractivity (Wildman–Crippen MR) is 528 cm³/mol. The van der Waals surface area contributed by atoms with Gasteiger partial charge in [0.15, 0.2) is 0 Å². The second kappa shape index (κ2) is 34.6. The molecule has 129 heavy (non-hydrogen) atoms. The van der Waals surface area contributed by atoms with Crippen LogP contribution in [0.25, 0.3) is 216 Å². The van der Waals surface area contributed by atoms with Crippen LogP contribution in [0.1, 0.15) is 0 Å². The molecule has 24 rings (SSSR count). The SMILES string of the molecule is c1ccc(-c2cc(-c3ccccc3)cc(-c3cc(-c4cc(-c5ccccc5)cc(-c5ccccc5)c4)c4nn(-c5ccncc5)nc4c3)c2)cc1.c1ccc(-c2ccc(-c3cc(-c4ccc(-c5ccccc5)cc4)c4nn(-c5ccncc5)nc4c3)cc2)cc1.c1ccc2cc(-c3c4ccccc4c(-c4ccc5nn(-c6ccncc6)nc5c4)c4ccccc34)ccc2c1. The Morgan fingerprint density at radius 1 is 0.147 bits per heavy atom. The summed E-state index contributed by atoms with van der Waals surface area (Å²) in [6.07, 6.45) is 10.6. The van der Waals surface area contributed by atoms with Crippen LogP contribution in [0.4, 0.5) is 0 Å². The third kappa shape index (κ3) is 15.9. The molecule has 0 atom stereocenters. The Balaban J connectivity index is 0.000000115. The van der Waals surface area contributed by atoms with Gasteiger partial charge in [-0.05, 0) is 270 Å². The summed E-state index contributed by atoms with van der Waals surface area (Å²) in [4.78, 5) is 17.6. The summed E-state index contributed by atoms with van der Waals surface area (Å²) >= 11 is 0. The maximum atomic E-state index is 5.11. The van der Waals surface area contributed by atoms with Gasteiger partial charge in [0, 0.05) is 48.3 Å². The first kappa shape index (κ1) is 77.4. The molecule has 0 aliphatic rings. The van der Waals surface area contributed by atoms with Crippen molar-refractivity contribution in [3.05, 3.63) is 474 Å². The van der Waals surface area contributed by atoms with Gasteiger partial charge in [0.05, 0.1) is 17.1 Å². The first-order chi connectivity index (χ1) is 63.9. The summed E-state index contributed by atoms with van der Waals surface area (Å²) in [5.41, 5.74) is 35.2. The Hall–Kier alpha value is -17.6. The molecule has 6 heterocycles. The van der Waals surface area contributed by atoms with Crippen molar-refractivity contribution >= 4 is 65.4 Å². The fourth-order valence-electron chi connectivity index (χ4n) is 17.5. The van der Waals surface area contributed by atoms with Crippen molar-refractivity contribution in [1.82, 2.24) is 59.9 Å². The van der Waals surface area contributed by atoms with E-state index >= 15 is 0 Å². The smallest absolute Gasteiger partial charge is 0.121 e. The molecule has 0 radical (unpaired) electrons. The number of hydrogen-bond donors (Lipinski definition) is 0. The highest BCUT2D eigenvalue weighted by Crippen LogP contribution is 2.47. The van der Waals surface area contributed by atoms with E-state index in [0.29, 0.717) is 0 Å². The Morgan fingerprint density at radius 3 is 0.806 bits per heavy atom. The van der Waals surface area contributed by atoms with E-state index in [4.69, 9.17) is 30.6 Å². The van der Waals surface area contributed by atoms with Crippen LogP contribution in [0.5, 0.6) is 0 Å². The molecule has 0 aliphatic heterocycles. The summed E-state index contributed by atoms with van der Waals surface area (Å²) in [6.45, 7) is 0. The van der Waals surface area contributed by atoms with Crippen molar-refractivity contribution in [1.29, 1.82) is 0 Å². The average Bonchev–Trinajstić information content (AvgIpc) is 0.907. The molecular weight excluding hydrogens is 1570 g/mol. The molecule has 18 aromatic carbocycles. The lowest BCUT2D eigenvalue weighted by Crippen LogP contribution is -1.98. The van der Waals surface area contributed by atoms with Crippen LogP contribution in [-0.2, 0) is 0 Å². The van der Waals surface area contributed by atoms with Crippen molar-refractivity contribution in [3.8, 4) is 151 Å². The van der Waals surface area contributed by atoms with Crippen LogP contribution in [0.15, 0.2) is 474 Å². The largest absolute Gasteiger partial charge is 0.265 e. The highest BCUT2D eigenvalue weighted by atomic mass is 15.5. The minimum absolute atomic E-state index is 0.817. The van der Waals surface area contributed by atoms with Crippen molar-refractivity contribution in [3.63, 3.8) is 0 Å². The number of hydrogen-bond acceptors (Lipinski definition) is 9. The van der Waals surface area contributed by atoms with Gasteiger partial charge in [-0.3, -0.25) is 15.0 Å². The minimum Gasteiger partial charge on any atom is -0.265 e. The number of nitrogens with zero attached hydrogens (tertiary/aromatic N) is 12. The molecule has 0 unspecified atom stereocenters. The van der Waals surface area contributed by atoms with Crippen molar-refractivity contribution in [2.45, 2.75) is 0 Å². The highest BCUT2D eigenvalue weighted by Gasteiger charge is 2.23. The van der Waals surface area contributed by atoms with Crippen molar-refractivity contribution in [2.24, 2.45) is 0 Å². The molecule has 606 valence electrons. The van der Waals surface area contributed by atoms with Crippen molar-refractivity contribution in [2.75, 3.05) is 0 Å². The number of fused-ring (bicyclic) bond motifs is 6. The molecular formula is C117H78N12. The van der Waals surface area contributed by atoms with Crippen LogP contribution in [0, 0.1) is 0 Å². The van der Waals surface area contributed by atoms with Crippen LogP contribution in [0.3, 0.4) is 0 Å². The van der Waals surface area contributed by atoms with Crippen LogP contribution in [-0.4, -0.2) is 59.9 Å². The van der Waals surface area contributed by atoms with Crippen LogP contribution in [0.2, 0.25) is 0 Å². The van der Waals surface area contributed by atoms with Gasteiger partial charge in [-0.1, -0.05) is 322 Å². The number of aromatic nitrogens is 12. The van der Waals surface area contributed by atoms with E-state index in [2.05, 4.69) is 403 Å². The highest BCUT2D eigenvalue weighted by molar-refractivity contribution is 6.22. The third-order valence-electron chi connectivity index (χ3n) is 23.9. The maximum absolute atomic E-state index is 5.11. The van der Waals surface area contributed by atoms with E-state index in [0.717, 1.165) is 134 Å². The molecule has 0 bridgehead atoms. The quantitative estimate of drug-likeness (QED) is 0.0921. The van der Waals surface area contributed by atoms with Gasteiger partial charge in [0.25, 0.3) is 0 Å². The van der Waals surface area contributed by atoms with Crippen LogP contribution < -0.4 is 0 Å². The zero-order valence-electron chi connectivity index (χ0n) is 69.9. The lowest BCUT2D eigenvalue weighted by molar-refractivity contribution is 0.764. The number of pyridine rings is 3. The maximum Gasteiger partial charge on any atom is 0.121 e. The summed E-state index contributed by atoms with van der Waals surface area (Å²) in [7, 11) is 0. The van der Waals surface area contributed by atoms with Gasteiger partial charge in [0.1, 0.15) is 33.1 Å². The molecule has 24 aromatic rings. The lowest BCUT2D eigenvalue weighted by atomic mass is 9.85. The number of benzene rings is 18. The molecule has 12 nitrogen and oxygen atoms in total. The Kier molecular flexibility index (Phi) is 20.8. The molecule has 0 fully saturated rings. The first-order valence-corrected chi connectivity index (χ1v) is 43.1. The third-order valence-corrected chi connectivity index (χ3v) is 23.9. The van der Waals surface area contributed by atoms with E-state index < -0.39 is 0 Å². The monoisotopic (exact) mass is 1650 g/mol. The summed E-state index contributed by atoms with van der Waals surface area (Å²) in [6, 6.07) is 154. The molecule has 12 heteroatoms. The van der Waals surface area contributed by atoms with Gasteiger partial charge in [-0.2, -0.15) is 14.4 Å². The topological polar surface area (TPSA) is 131 Å². The molecule has 0 N–H and O–H groups in total. The fourth-order valence-corrected chi connectivity index (χ4v) is 17.5. The van der Waals surface area contributed by atoms with Gasteiger partial charge in [0.2, 0.25) is 0 Å². The molecule has 0 amide bonds. The summed E-state index contributed by atoms with van der Waals surface area (Å²) < 4.78 is 0. The van der Waals surface area contributed by atoms with Gasteiger partial charge in [-0.15, -0.1) is 30.6 Å². The minimum atomic E-state index is 0.817. The first-order valence-electron chi connectivity index (χ1n) is 43.1. The van der Waals surface area contributed by atoms with Crippen LogP contribution >= 0.6 is 0 Å². The number of rotatable bonds is 15. The molecule has 0 aliphatic carbocycles. The standard InChI is InChI=1S/C47H32N4.C35H22N4.C35H24N4/c1-5-13-33(14-6-1)37-25-38(34-15-7-2-8-16-34)28-41(27-37)42-31-45(47-46(32-42)49-51(50-47)44-21-23-48-24-22-44)43-29-39(35-17-9-3-10-18-35)26-40(30-43)36-19-11-4-12-20-36;1-2-8-24-21-25(14-13-23(24)7-1)34-28-9-3-5-11-30(28)35(31-12-6-4-10-29(31)34)26-15-16-32-33(22-26)38-39(37-32)27-17-19-36-20-18-27;1-3-7-25(8-4-1)27-11-13-29(14-12-27)31-23-33(30-17-15-28(16-18-30)26-9-5-2-6-10-26)35-34(24-31)37-39(38-35)32-19-21-36-22-20-32/h1-32H;1-22H;1-24H. The van der Waals surface area contributed by atoms with E-state index in [1.165, 1.54) is 82.4 Å². The zero-order valence-corrected chi connectivity index (χ0v) is 69.9. The van der Waals surface area contributed by atoms with Gasteiger partial charge < -0.3 is 0 Å². The lowest BCUT2D eigenvalue weighted by Gasteiger charge is -2.18. The second-order valence-electron chi connectivity index (χ2n) is 31.9. The van der Waals surface area contributed by atoms with Gasteiger partial charge >= 0.3 is 0 Å². The Bertz CT molecular complexity index is 7990. The summed E-state index contributed by atoms with van der Waals surface area (Å²) in [5, 5.41) is 36.8. The Morgan fingerprint density at radius 2 is 0.403 bits per heavy atom. The second-order valence-corrected chi connectivity index (χ2v) is 31.9. The Labute approximate surface area is 745 Å². The molecule has 0 saturated carbocycles. The molecule has 6 aromatic heterocycles. The molecule has 0 saturated heterocycles.